The summed E-state index contributed by atoms with van der Waals surface area (Å²) in [5, 5.41) is 10.6. The molecule has 10 heteroatoms. The highest BCUT2D eigenvalue weighted by atomic mass is 16.2. The summed E-state index contributed by atoms with van der Waals surface area (Å²) in [6.45, 7) is 10.9. The van der Waals surface area contributed by atoms with Crippen LogP contribution in [0.2, 0.25) is 0 Å². The average molecular weight is 562 g/mol. The first-order valence-corrected chi connectivity index (χ1v) is 13.2. The molecule has 212 valence electrons. The number of para-hydroxylation sites is 1. The van der Waals surface area contributed by atoms with Gasteiger partial charge in [0, 0.05) is 36.6 Å². The highest BCUT2D eigenvalue weighted by molar-refractivity contribution is 5.97. The van der Waals surface area contributed by atoms with Gasteiger partial charge in [0.1, 0.15) is 0 Å². The number of imidazole rings is 1. The topological polar surface area (TPSA) is 136 Å². The Bertz CT molecular complexity index is 1820. The van der Waals surface area contributed by atoms with E-state index in [2.05, 4.69) is 45.9 Å². The van der Waals surface area contributed by atoms with Crippen molar-refractivity contribution >= 4 is 41.2 Å². The second-order valence-corrected chi connectivity index (χ2v) is 9.21. The lowest BCUT2D eigenvalue weighted by Gasteiger charge is -2.21. The summed E-state index contributed by atoms with van der Waals surface area (Å²) in [7, 11) is 0. The van der Waals surface area contributed by atoms with Gasteiger partial charge in [-0.25, -0.2) is 9.66 Å². The standard InChI is InChI=1S/C32H31N7O3/c1-5-13-26-37-30(33)29(39(26)34-4)31(41)36-21(3)25-20-23-16-12-15-22(14-10-11-19-35-27(40)6-2)28(23)32(42)38(25)24-17-8-7-9-18-24/h5-9,12-13,15-18,20-21H,2,4,11,19,33H2,1,3H3,(H,35,40)(H,36,41)/b13-5-. The van der Waals surface area contributed by atoms with Crippen molar-refractivity contribution in [3.05, 3.63) is 106 Å². The number of allylic oxidation sites excluding steroid dienone is 1. The summed E-state index contributed by atoms with van der Waals surface area (Å²) in [6.07, 6.45) is 5.02. The number of carbonyl (C=O) groups excluding carboxylic acids is 2. The lowest BCUT2D eigenvalue weighted by atomic mass is 10.0. The van der Waals surface area contributed by atoms with Crippen molar-refractivity contribution in [2.75, 3.05) is 12.3 Å². The van der Waals surface area contributed by atoms with Crippen LogP contribution in [0.4, 0.5) is 5.82 Å². The molecular weight excluding hydrogens is 530 g/mol. The fraction of sp³-hybridized carbons (Fsp3) is 0.156. The Kier molecular flexibility index (Phi) is 9.14. The number of carbonyl (C=O) groups is 2. The van der Waals surface area contributed by atoms with E-state index in [9.17, 15) is 14.4 Å². The molecule has 0 bridgehead atoms. The number of nitrogens with zero attached hydrogens (tertiary/aromatic N) is 4. The second-order valence-electron chi connectivity index (χ2n) is 9.21. The number of hydrogen-bond acceptors (Lipinski definition) is 6. The number of fused-ring (bicyclic) bond motifs is 1. The van der Waals surface area contributed by atoms with E-state index >= 15 is 0 Å². The fourth-order valence-corrected chi connectivity index (χ4v) is 4.52. The molecule has 0 spiro atoms. The zero-order valence-corrected chi connectivity index (χ0v) is 23.4. The van der Waals surface area contributed by atoms with Gasteiger partial charge in [-0.05, 0) is 55.7 Å². The van der Waals surface area contributed by atoms with Crippen molar-refractivity contribution < 1.29 is 9.59 Å². The van der Waals surface area contributed by atoms with E-state index in [1.165, 1.54) is 10.8 Å². The Morgan fingerprint density at radius 3 is 2.64 bits per heavy atom. The van der Waals surface area contributed by atoms with Crippen molar-refractivity contribution in [1.82, 2.24) is 24.9 Å². The molecule has 1 atom stereocenters. The second kappa shape index (κ2) is 13.1. The normalized spacial score (nSPS) is 11.5. The SMILES string of the molecule is C=CC(=O)NCCC#Cc1cccc2cc(C(C)NC(=O)c3c(N)nc(/C=C\C)n3N=C)n(-c3ccccc3)c(=O)c12. The van der Waals surface area contributed by atoms with Gasteiger partial charge in [-0.1, -0.05) is 54.8 Å². The molecule has 42 heavy (non-hydrogen) atoms. The van der Waals surface area contributed by atoms with Crippen LogP contribution in [0.5, 0.6) is 0 Å². The monoisotopic (exact) mass is 561 g/mol. The van der Waals surface area contributed by atoms with Crippen LogP contribution in [0.1, 0.15) is 53.9 Å². The minimum Gasteiger partial charge on any atom is -0.382 e. The number of anilines is 1. The predicted molar refractivity (Wildman–Crippen MR) is 166 cm³/mol. The maximum absolute atomic E-state index is 14.1. The molecule has 0 aliphatic carbocycles. The molecular formula is C32H31N7O3. The zero-order chi connectivity index (χ0) is 30.2. The number of nitrogen functional groups attached to an aromatic ring is 1. The Morgan fingerprint density at radius 1 is 1.19 bits per heavy atom. The van der Waals surface area contributed by atoms with Crippen LogP contribution in [0.15, 0.2) is 83.2 Å². The third-order valence-electron chi connectivity index (χ3n) is 6.42. The number of nitrogens with one attached hydrogen (secondary N) is 2. The van der Waals surface area contributed by atoms with Gasteiger partial charge in [0.25, 0.3) is 11.5 Å². The lowest BCUT2D eigenvalue weighted by molar-refractivity contribution is -0.116. The van der Waals surface area contributed by atoms with Gasteiger partial charge in [0.15, 0.2) is 17.3 Å². The summed E-state index contributed by atoms with van der Waals surface area (Å²) in [4.78, 5) is 43.2. The first kappa shape index (κ1) is 29.3. The number of nitrogens with two attached hydrogens (primary N) is 1. The largest absolute Gasteiger partial charge is 0.382 e. The molecule has 2 aromatic carbocycles. The number of hydrogen-bond donors (Lipinski definition) is 3. The van der Waals surface area contributed by atoms with Gasteiger partial charge in [-0.2, -0.15) is 5.10 Å². The van der Waals surface area contributed by atoms with E-state index in [0.29, 0.717) is 46.5 Å². The Labute approximate surface area is 243 Å². The van der Waals surface area contributed by atoms with Crippen LogP contribution in [-0.4, -0.2) is 39.3 Å². The first-order chi connectivity index (χ1) is 20.3. The van der Waals surface area contributed by atoms with Crippen molar-refractivity contribution in [2.45, 2.75) is 26.3 Å². The van der Waals surface area contributed by atoms with E-state index in [1.54, 1.807) is 29.7 Å². The Balaban J connectivity index is 1.78. The van der Waals surface area contributed by atoms with E-state index in [-0.39, 0.29) is 23.0 Å². The molecule has 2 heterocycles. The maximum atomic E-state index is 14.1. The summed E-state index contributed by atoms with van der Waals surface area (Å²) in [5.74, 6) is 5.68. The minimum atomic E-state index is -0.629. The van der Waals surface area contributed by atoms with Gasteiger partial charge in [-0.3, -0.25) is 19.0 Å². The zero-order valence-electron chi connectivity index (χ0n) is 23.4. The average Bonchev–Trinajstić information content (AvgIpc) is 3.31. The van der Waals surface area contributed by atoms with Crippen molar-refractivity contribution in [1.29, 1.82) is 0 Å². The number of amides is 2. The van der Waals surface area contributed by atoms with Gasteiger partial charge in [0.2, 0.25) is 5.91 Å². The number of aromatic nitrogens is 3. The van der Waals surface area contributed by atoms with Crippen LogP contribution in [0.25, 0.3) is 22.5 Å². The number of benzene rings is 2. The van der Waals surface area contributed by atoms with Crippen molar-refractivity contribution in [3.63, 3.8) is 0 Å². The van der Waals surface area contributed by atoms with Crippen LogP contribution in [0, 0.1) is 11.8 Å². The summed E-state index contributed by atoms with van der Waals surface area (Å²) >= 11 is 0. The fourth-order valence-electron chi connectivity index (χ4n) is 4.52. The predicted octanol–water partition coefficient (Wildman–Crippen LogP) is 3.80. The van der Waals surface area contributed by atoms with E-state index in [4.69, 9.17) is 5.73 Å². The third-order valence-corrected chi connectivity index (χ3v) is 6.42. The molecule has 0 saturated carbocycles. The lowest BCUT2D eigenvalue weighted by Crippen LogP contribution is -2.33. The van der Waals surface area contributed by atoms with Gasteiger partial charge < -0.3 is 16.4 Å². The minimum absolute atomic E-state index is 0.00596. The Morgan fingerprint density at radius 2 is 1.95 bits per heavy atom. The molecule has 4 aromatic rings. The maximum Gasteiger partial charge on any atom is 0.274 e. The molecule has 1 unspecified atom stereocenters. The molecule has 10 nitrogen and oxygen atoms in total. The molecule has 2 aromatic heterocycles. The van der Waals surface area contributed by atoms with Crippen molar-refractivity contribution in [3.8, 4) is 17.5 Å². The van der Waals surface area contributed by atoms with E-state index < -0.39 is 11.9 Å². The molecule has 0 saturated heterocycles. The number of pyridine rings is 1. The molecule has 0 radical (unpaired) electrons. The van der Waals surface area contributed by atoms with Crippen LogP contribution >= 0.6 is 0 Å². The third kappa shape index (κ3) is 6.05. The van der Waals surface area contributed by atoms with E-state index in [1.807, 2.05) is 55.5 Å². The van der Waals surface area contributed by atoms with Gasteiger partial charge in [-0.15, -0.1) is 0 Å². The molecule has 4 N–H and O–H groups in total. The van der Waals surface area contributed by atoms with E-state index in [0.717, 1.165) is 0 Å². The quantitative estimate of drug-likeness (QED) is 0.124. The molecule has 0 fully saturated rings. The molecule has 2 amide bonds. The summed E-state index contributed by atoms with van der Waals surface area (Å²) in [6, 6.07) is 15.8. The highest BCUT2D eigenvalue weighted by Gasteiger charge is 2.24. The molecule has 0 aliphatic heterocycles. The van der Waals surface area contributed by atoms with Gasteiger partial charge >= 0.3 is 0 Å². The molecule has 4 rings (SSSR count). The van der Waals surface area contributed by atoms with Crippen LogP contribution < -0.4 is 21.9 Å². The van der Waals surface area contributed by atoms with Crippen LogP contribution in [-0.2, 0) is 4.79 Å². The van der Waals surface area contributed by atoms with Gasteiger partial charge in [0.05, 0.1) is 11.4 Å². The Hall–Kier alpha value is -5.69. The smallest absolute Gasteiger partial charge is 0.274 e. The summed E-state index contributed by atoms with van der Waals surface area (Å²) in [5.41, 5.74) is 7.57. The molecule has 0 aliphatic rings. The number of rotatable bonds is 9. The first-order valence-electron chi connectivity index (χ1n) is 13.2. The van der Waals surface area contributed by atoms with Crippen LogP contribution in [0.3, 0.4) is 0 Å². The summed E-state index contributed by atoms with van der Waals surface area (Å²) < 4.78 is 2.84. The van der Waals surface area contributed by atoms with Crippen molar-refractivity contribution in [2.24, 2.45) is 5.10 Å². The highest BCUT2D eigenvalue weighted by Crippen LogP contribution is 2.24.